The number of anilines is 1. The fourth-order valence-electron chi connectivity index (χ4n) is 4.63. The molecule has 2 atom stereocenters. The van der Waals surface area contributed by atoms with Crippen LogP contribution < -0.4 is 15.4 Å². The normalized spacial score (nSPS) is 16.9. The van der Waals surface area contributed by atoms with Crippen LogP contribution in [0.3, 0.4) is 0 Å². The lowest BCUT2D eigenvalue weighted by Gasteiger charge is -2.29. The van der Waals surface area contributed by atoms with Crippen molar-refractivity contribution in [1.29, 1.82) is 0 Å². The molecule has 2 N–H and O–H groups in total. The number of nitrogens with one attached hydrogen (secondary N) is 2. The number of nitrogens with zero attached hydrogens (tertiary/aromatic N) is 3. The van der Waals surface area contributed by atoms with E-state index < -0.39 is 0 Å². The summed E-state index contributed by atoms with van der Waals surface area (Å²) in [6, 6.07) is 22.9. The molecule has 37 heavy (non-hydrogen) atoms. The number of benzene rings is 2. The van der Waals surface area contributed by atoms with Crippen LogP contribution in [0.1, 0.15) is 29.9 Å². The fourth-order valence-corrected chi connectivity index (χ4v) is 4.96. The van der Waals surface area contributed by atoms with E-state index in [4.69, 9.17) is 17.0 Å². The molecule has 5 rings (SSSR count). The molecule has 0 spiro atoms. The van der Waals surface area contributed by atoms with Gasteiger partial charge < -0.3 is 24.8 Å². The number of amides is 1. The minimum atomic E-state index is -0.354. The second kappa shape index (κ2) is 10.8. The molecule has 1 amide bonds. The lowest BCUT2D eigenvalue weighted by Crippen LogP contribution is -2.33. The smallest absolute Gasteiger partial charge is 0.226 e. The van der Waals surface area contributed by atoms with Gasteiger partial charge in [0, 0.05) is 36.7 Å². The summed E-state index contributed by atoms with van der Waals surface area (Å²) in [6.45, 7) is 0.379. The van der Waals surface area contributed by atoms with Gasteiger partial charge in [-0.3, -0.25) is 9.78 Å². The second-order valence-corrected chi connectivity index (χ2v) is 8.99. The third-order valence-electron chi connectivity index (χ3n) is 6.33. The first-order chi connectivity index (χ1) is 18.0. The summed E-state index contributed by atoms with van der Waals surface area (Å²) in [7, 11) is 1.65. The van der Waals surface area contributed by atoms with Crippen molar-refractivity contribution in [3.05, 3.63) is 108 Å². The number of hydrogen-bond donors (Lipinski definition) is 2. The third-order valence-corrected chi connectivity index (χ3v) is 6.69. The van der Waals surface area contributed by atoms with Gasteiger partial charge in [0.1, 0.15) is 11.6 Å². The number of rotatable bonds is 8. The van der Waals surface area contributed by atoms with Crippen LogP contribution in [0.15, 0.2) is 91.3 Å². The highest BCUT2D eigenvalue weighted by Crippen LogP contribution is 2.40. The maximum absolute atomic E-state index is 13.2. The minimum absolute atomic E-state index is 0.186. The first-order valence-corrected chi connectivity index (χ1v) is 12.3. The largest absolute Gasteiger partial charge is 0.495 e. The summed E-state index contributed by atoms with van der Waals surface area (Å²) in [5.74, 6) is 0.204. The third kappa shape index (κ3) is 5.17. The maximum Gasteiger partial charge on any atom is 0.226 e. The van der Waals surface area contributed by atoms with Crippen molar-refractivity contribution in [1.82, 2.24) is 19.8 Å². The molecule has 7 nitrogen and oxygen atoms in total. The minimum Gasteiger partial charge on any atom is -0.495 e. The van der Waals surface area contributed by atoms with Gasteiger partial charge in [-0.25, -0.2) is 4.39 Å². The zero-order valence-electron chi connectivity index (χ0n) is 20.2. The number of carbonyl (C=O) groups is 1. The van der Waals surface area contributed by atoms with Gasteiger partial charge in [-0.2, -0.15) is 0 Å². The van der Waals surface area contributed by atoms with Crippen LogP contribution in [0.2, 0.25) is 0 Å². The predicted molar refractivity (Wildman–Crippen MR) is 144 cm³/mol. The first-order valence-electron chi connectivity index (χ1n) is 11.9. The molecular weight excluding hydrogens is 489 g/mol. The lowest BCUT2D eigenvalue weighted by molar-refractivity contribution is -0.116. The van der Waals surface area contributed by atoms with Crippen molar-refractivity contribution >= 4 is 28.9 Å². The molecule has 0 saturated carbocycles. The summed E-state index contributed by atoms with van der Waals surface area (Å²) in [4.78, 5) is 19.4. The average Bonchev–Trinajstić information content (AvgIpc) is 3.53. The quantitative estimate of drug-likeness (QED) is 0.321. The monoisotopic (exact) mass is 515 g/mol. The van der Waals surface area contributed by atoms with E-state index in [-0.39, 0.29) is 30.2 Å². The Kier molecular flexibility index (Phi) is 7.14. The Balaban J connectivity index is 1.45. The van der Waals surface area contributed by atoms with Crippen molar-refractivity contribution in [2.75, 3.05) is 19.0 Å². The molecule has 0 radical (unpaired) electrons. The Bertz CT molecular complexity index is 1390. The molecule has 1 aliphatic heterocycles. The lowest BCUT2D eigenvalue weighted by atomic mass is 10.0. The van der Waals surface area contributed by atoms with Crippen LogP contribution >= 0.6 is 12.2 Å². The summed E-state index contributed by atoms with van der Waals surface area (Å²) in [6.07, 6.45) is 3.94. The molecule has 1 fully saturated rings. The van der Waals surface area contributed by atoms with Crippen LogP contribution in [-0.2, 0) is 4.79 Å². The highest BCUT2D eigenvalue weighted by atomic mass is 32.1. The highest BCUT2D eigenvalue weighted by Gasteiger charge is 2.41. The van der Waals surface area contributed by atoms with E-state index in [1.54, 1.807) is 13.3 Å². The van der Waals surface area contributed by atoms with Gasteiger partial charge in [0.15, 0.2) is 5.11 Å². The Labute approximate surface area is 219 Å². The van der Waals surface area contributed by atoms with Crippen LogP contribution in [0.5, 0.6) is 5.75 Å². The number of halogens is 1. The van der Waals surface area contributed by atoms with Crippen LogP contribution in [0, 0.1) is 5.82 Å². The van der Waals surface area contributed by atoms with Gasteiger partial charge in [-0.1, -0.05) is 18.2 Å². The fraction of sp³-hybridized carbons (Fsp3) is 0.179. The summed E-state index contributed by atoms with van der Waals surface area (Å²) < 4.78 is 20.9. The second-order valence-electron chi connectivity index (χ2n) is 8.60. The molecule has 9 heteroatoms. The maximum atomic E-state index is 13.2. The number of carbonyl (C=O) groups excluding carboxylic acids is 1. The number of pyridine rings is 1. The summed E-state index contributed by atoms with van der Waals surface area (Å²) in [5, 5.41) is 6.79. The molecule has 2 aromatic carbocycles. The van der Waals surface area contributed by atoms with Gasteiger partial charge in [0.05, 0.1) is 30.6 Å². The number of hydrogen-bond acceptors (Lipinski definition) is 4. The van der Waals surface area contributed by atoms with Crippen molar-refractivity contribution in [2.24, 2.45) is 0 Å². The Hall–Kier alpha value is -4.24. The molecule has 0 unspecified atom stereocenters. The van der Waals surface area contributed by atoms with Crippen molar-refractivity contribution < 1.29 is 13.9 Å². The molecule has 1 aliphatic rings. The number of thiocarbonyl (C=S) groups is 1. The standard InChI is InChI=1S/C28H26FN5O2S/c1-36-24-10-3-2-8-22(24)33-17-6-9-23(33)27-26(21-7-4-5-16-30-21)32-28(37)34(27)18-15-25(35)31-20-13-11-19(29)12-14-20/h2-14,16-17,26-27H,15,18H2,1H3,(H,31,35)(H,32,37)/t26-,27+/m0/s1. The van der Waals surface area contributed by atoms with Crippen LogP contribution in [0.4, 0.5) is 10.1 Å². The molecule has 3 heterocycles. The van der Waals surface area contributed by atoms with Crippen molar-refractivity contribution in [3.8, 4) is 11.4 Å². The van der Waals surface area contributed by atoms with Gasteiger partial charge in [-0.15, -0.1) is 0 Å². The number of para-hydroxylation sites is 2. The molecule has 0 bridgehead atoms. The zero-order chi connectivity index (χ0) is 25.8. The van der Waals surface area contributed by atoms with E-state index in [1.807, 2.05) is 65.7 Å². The van der Waals surface area contributed by atoms with E-state index in [1.165, 1.54) is 24.3 Å². The summed E-state index contributed by atoms with van der Waals surface area (Å²) >= 11 is 5.75. The number of aromatic nitrogens is 2. The molecule has 0 aliphatic carbocycles. The molecular formula is C28H26FN5O2S. The zero-order valence-corrected chi connectivity index (χ0v) is 21.0. The SMILES string of the molecule is COc1ccccc1-n1cccc1[C@@H]1[C@H](c2ccccn2)NC(=S)N1CCC(=O)Nc1ccc(F)cc1. The van der Waals surface area contributed by atoms with Crippen molar-refractivity contribution in [3.63, 3.8) is 0 Å². The van der Waals surface area contributed by atoms with E-state index in [2.05, 4.69) is 20.2 Å². The van der Waals surface area contributed by atoms with E-state index in [0.29, 0.717) is 17.3 Å². The first kappa shape index (κ1) is 24.5. The van der Waals surface area contributed by atoms with E-state index in [9.17, 15) is 9.18 Å². The van der Waals surface area contributed by atoms with Crippen LogP contribution in [-0.4, -0.2) is 39.1 Å². The summed E-state index contributed by atoms with van der Waals surface area (Å²) in [5.41, 5.74) is 3.27. The van der Waals surface area contributed by atoms with Gasteiger partial charge in [0.25, 0.3) is 0 Å². The number of methoxy groups -OCH3 is 1. The average molecular weight is 516 g/mol. The Morgan fingerprint density at radius 3 is 2.62 bits per heavy atom. The number of ether oxygens (including phenoxy) is 1. The highest BCUT2D eigenvalue weighted by molar-refractivity contribution is 7.80. The van der Waals surface area contributed by atoms with Gasteiger partial charge in [-0.05, 0) is 72.9 Å². The van der Waals surface area contributed by atoms with Crippen molar-refractivity contribution in [2.45, 2.75) is 18.5 Å². The molecule has 188 valence electrons. The topological polar surface area (TPSA) is 71.4 Å². The van der Waals surface area contributed by atoms with E-state index in [0.717, 1.165) is 22.8 Å². The van der Waals surface area contributed by atoms with Gasteiger partial charge in [0.2, 0.25) is 5.91 Å². The molecule has 1 saturated heterocycles. The molecule has 4 aromatic rings. The Morgan fingerprint density at radius 1 is 1.08 bits per heavy atom. The van der Waals surface area contributed by atoms with Crippen LogP contribution in [0.25, 0.3) is 5.69 Å². The molecule has 2 aromatic heterocycles. The van der Waals surface area contributed by atoms with E-state index >= 15 is 0 Å². The van der Waals surface area contributed by atoms with Gasteiger partial charge >= 0.3 is 0 Å². The Morgan fingerprint density at radius 2 is 1.86 bits per heavy atom. The predicted octanol–water partition coefficient (Wildman–Crippen LogP) is 5.02.